The lowest BCUT2D eigenvalue weighted by atomic mass is 9.98. The zero-order valence-corrected chi connectivity index (χ0v) is 21.4. The highest BCUT2D eigenvalue weighted by Gasteiger charge is 2.23. The number of aliphatic carboxylic acids is 1. The summed E-state index contributed by atoms with van der Waals surface area (Å²) in [6, 6.07) is 21.7. The highest BCUT2D eigenvalue weighted by molar-refractivity contribution is 7.98. The van der Waals surface area contributed by atoms with Crippen LogP contribution in [0.1, 0.15) is 22.3 Å². The molecule has 0 unspecified atom stereocenters. The standard InChI is InChI=1S/C28H31N3O5S/c1-37-15-14-25(28(34)35)31-26(32)22-13-12-21(16-23(22)20-10-6-3-7-11-20)30-27(33)24(29)18-36-17-19-8-4-2-5-9-19/h2-13,16,24-25H,14-15,17-18,29H2,1H3,(H,30,33)(H,31,32)(H,34,35)/t24-,25-/m0/s1. The van der Waals surface area contributed by atoms with Gasteiger partial charge in [-0.05, 0) is 53.3 Å². The van der Waals surface area contributed by atoms with Crippen molar-refractivity contribution < 1.29 is 24.2 Å². The molecule has 0 aliphatic carbocycles. The fourth-order valence-electron chi connectivity index (χ4n) is 3.59. The number of carbonyl (C=O) groups is 3. The van der Waals surface area contributed by atoms with E-state index in [1.807, 2.05) is 66.9 Å². The Kier molecular flexibility index (Phi) is 10.7. The molecule has 9 heteroatoms. The molecular formula is C28H31N3O5S. The zero-order chi connectivity index (χ0) is 26.6. The van der Waals surface area contributed by atoms with E-state index >= 15 is 0 Å². The molecule has 0 bridgehead atoms. The molecular weight excluding hydrogens is 490 g/mol. The number of anilines is 1. The highest BCUT2D eigenvalue weighted by atomic mass is 32.2. The number of carbonyl (C=O) groups excluding carboxylic acids is 2. The van der Waals surface area contributed by atoms with E-state index in [4.69, 9.17) is 10.5 Å². The molecule has 3 aromatic rings. The molecule has 0 aliphatic heterocycles. The van der Waals surface area contributed by atoms with Gasteiger partial charge in [0.15, 0.2) is 0 Å². The Balaban J connectivity index is 1.73. The topological polar surface area (TPSA) is 131 Å². The summed E-state index contributed by atoms with van der Waals surface area (Å²) >= 11 is 1.51. The van der Waals surface area contributed by atoms with Crippen molar-refractivity contribution in [2.75, 3.05) is 23.9 Å². The molecule has 3 rings (SSSR count). The van der Waals surface area contributed by atoms with Crippen LogP contribution in [0.15, 0.2) is 78.9 Å². The first kappa shape index (κ1) is 27.9. The Morgan fingerprint density at radius 3 is 2.32 bits per heavy atom. The molecule has 0 fully saturated rings. The second kappa shape index (κ2) is 14.2. The third-order valence-corrected chi connectivity index (χ3v) is 6.22. The summed E-state index contributed by atoms with van der Waals surface area (Å²) in [4.78, 5) is 37.4. The molecule has 2 amide bonds. The number of nitrogens with two attached hydrogens (primary N) is 1. The van der Waals surface area contributed by atoms with Crippen LogP contribution in [-0.4, -0.2) is 53.6 Å². The van der Waals surface area contributed by atoms with Crippen LogP contribution in [-0.2, 0) is 20.9 Å². The molecule has 0 radical (unpaired) electrons. The number of hydrogen-bond acceptors (Lipinski definition) is 6. The fraction of sp³-hybridized carbons (Fsp3) is 0.250. The predicted octanol–water partition coefficient (Wildman–Crippen LogP) is 3.77. The van der Waals surface area contributed by atoms with E-state index in [2.05, 4.69) is 10.6 Å². The van der Waals surface area contributed by atoms with Gasteiger partial charge in [0.2, 0.25) is 5.91 Å². The van der Waals surface area contributed by atoms with Crippen LogP contribution in [0.25, 0.3) is 11.1 Å². The summed E-state index contributed by atoms with van der Waals surface area (Å²) in [7, 11) is 0. The van der Waals surface area contributed by atoms with Gasteiger partial charge in [0, 0.05) is 11.3 Å². The molecule has 0 saturated carbocycles. The molecule has 37 heavy (non-hydrogen) atoms. The number of amides is 2. The number of hydrogen-bond donors (Lipinski definition) is 4. The molecule has 0 heterocycles. The minimum Gasteiger partial charge on any atom is -0.480 e. The summed E-state index contributed by atoms with van der Waals surface area (Å²) in [5.74, 6) is -1.41. The van der Waals surface area contributed by atoms with Gasteiger partial charge in [-0.1, -0.05) is 60.7 Å². The third-order valence-electron chi connectivity index (χ3n) is 5.58. The molecule has 0 spiro atoms. The third kappa shape index (κ3) is 8.45. The van der Waals surface area contributed by atoms with Crippen molar-refractivity contribution in [2.45, 2.75) is 25.1 Å². The average molecular weight is 522 g/mol. The summed E-state index contributed by atoms with van der Waals surface area (Å²) in [5, 5.41) is 14.9. The van der Waals surface area contributed by atoms with Crippen LogP contribution in [0.5, 0.6) is 0 Å². The van der Waals surface area contributed by atoms with Crippen LogP contribution in [0, 0.1) is 0 Å². The molecule has 2 atom stereocenters. The minimum absolute atomic E-state index is 0.0411. The van der Waals surface area contributed by atoms with E-state index in [1.165, 1.54) is 11.8 Å². The second-order valence-electron chi connectivity index (χ2n) is 8.37. The molecule has 8 nitrogen and oxygen atoms in total. The number of thioether (sulfide) groups is 1. The number of benzene rings is 3. The maximum absolute atomic E-state index is 13.1. The van der Waals surface area contributed by atoms with Crippen molar-refractivity contribution >= 4 is 35.2 Å². The van der Waals surface area contributed by atoms with Crippen molar-refractivity contribution in [2.24, 2.45) is 5.73 Å². The lowest BCUT2D eigenvalue weighted by Crippen LogP contribution is -2.41. The van der Waals surface area contributed by atoms with E-state index in [-0.39, 0.29) is 6.61 Å². The molecule has 5 N–H and O–H groups in total. The van der Waals surface area contributed by atoms with Gasteiger partial charge in [0.1, 0.15) is 12.1 Å². The van der Waals surface area contributed by atoms with Gasteiger partial charge in [-0.25, -0.2) is 4.79 Å². The number of carboxylic acid groups (broad SMARTS) is 1. The summed E-state index contributed by atoms with van der Waals surface area (Å²) in [6.45, 7) is 0.386. The molecule has 0 saturated heterocycles. The van der Waals surface area contributed by atoms with Crippen LogP contribution in [0.3, 0.4) is 0 Å². The van der Waals surface area contributed by atoms with E-state index in [0.29, 0.717) is 35.6 Å². The maximum atomic E-state index is 13.1. The average Bonchev–Trinajstić information content (AvgIpc) is 2.91. The largest absolute Gasteiger partial charge is 0.480 e. The smallest absolute Gasteiger partial charge is 0.326 e. The van der Waals surface area contributed by atoms with E-state index in [9.17, 15) is 19.5 Å². The van der Waals surface area contributed by atoms with E-state index < -0.39 is 29.9 Å². The van der Waals surface area contributed by atoms with Gasteiger partial charge in [0.05, 0.1) is 13.2 Å². The van der Waals surface area contributed by atoms with E-state index in [0.717, 1.165) is 11.1 Å². The zero-order valence-electron chi connectivity index (χ0n) is 20.6. The van der Waals surface area contributed by atoms with Crippen molar-refractivity contribution in [3.05, 3.63) is 90.0 Å². The SMILES string of the molecule is CSCC[C@H](NC(=O)c1ccc(NC(=O)[C@@H](N)COCc2ccccc2)cc1-c1ccccc1)C(=O)O. The predicted molar refractivity (Wildman–Crippen MR) is 146 cm³/mol. The van der Waals surface area contributed by atoms with Crippen LogP contribution in [0.4, 0.5) is 5.69 Å². The van der Waals surface area contributed by atoms with E-state index in [1.54, 1.807) is 18.2 Å². The van der Waals surface area contributed by atoms with Crippen LogP contribution >= 0.6 is 11.8 Å². The van der Waals surface area contributed by atoms with Crippen molar-refractivity contribution in [3.8, 4) is 11.1 Å². The number of nitrogens with one attached hydrogen (secondary N) is 2. The first-order valence-corrected chi connectivity index (χ1v) is 13.2. The monoisotopic (exact) mass is 521 g/mol. The number of rotatable bonds is 13. The Labute approximate surface area is 220 Å². The van der Waals surface area contributed by atoms with Gasteiger partial charge >= 0.3 is 5.97 Å². The van der Waals surface area contributed by atoms with Gasteiger partial charge in [-0.3, -0.25) is 9.59 Å². The van der Waals surface area contributed by atoms with Gasteiger partial charge in [-0.15, -0.1) is 0 Å². The van der Waals surface area contributed by atoms with Gasteiger partial charge in [0.25, 0.3) is 5.91 Å². The quantitative estimate of drug-likeness (QED) is 0.269. The first-order chi connectivity index (χ1) is 17.9. The Hall–Kier alpha value is -3.66. The van der Waals surface area contributed by atoms with Gasteiger partial charge < -0.3 is 26.2 Å². The second-order valence-corrected chi connectivity index (χ2v) is 9.35. The molecule has 3 aromatic carbocycles. The molecule has 0 aliphatic rings. The Morgan fingerprint density at radius 1 is 1.00 bits per heavy atom. The highest BCUT2D eigenvalue weighted by Crippen LogP contribution is 2.27. The number of carboxylic acids is 1. The first-order valence-electron chi connectivity index (χ1n) is 11.8. The summed E-state index contributed by atoms with van der Waals surface area (Å²) < 4.78 is 5.58. The Bertz CT molecular complexity index is 1190. The number of ether oxygens (including phenoxy) is 1. The summed E-state index contributed by atoms with van der Waals surface area (Å²) in [6.07, 6.45) is 2.18. The summed E-state index contributed by atoms with van der Waals surface area (Å²) in [5.41, 5.74) is 9.06. The lowest BCUT2D eigenvalue weighted by molar-refractivity contribution is -0.139. The molecule has 194 valence electrons. The van der Waals surface area contributed by atoms with Crippen LogP contribution < -0.4 is 16.4 Å². The Morgan fingerprint density at radius 2 is 1.68 bits per heavy atom. The van der Waals surface area contributed by atoms with Crippen molar-refractivity contribution in [1.82, 2.24) is 5.32 Å². The minimum atomic E-state index is -1.09. The molecule has 0 aromatic heterocycles. The van der Waals surface area contributed by atoms with Crippen molar-refractivity contribution in [1.29, 1.82) is 0 Å². The fourth-order valence-corrected chi connectivity index (χ4v) is 4.07. The lowest BCUT2D eigenvalue weighted by Gasteiger charge is -2.18. The van der Waals surface area contributed by atoms with Crippen molar-refractivity contribution in [3.63, 3.8) is 0 Å². The normalized spacial score (nSPS) is 12.4. The maximum Gasteiger partial charge on any atom is 0.326 e. The van der Waals surface area contributed by atoms with Crippen LogP contribution in [0.2, 0.25) is 0 Å². The van der Waals surface area contributed by atoms with Gasteiger partial charge in [-0.2, -0.15) is 11.8 Å².